The summed E-state index contributed by atoms with van der Waals surface area (Å²) in [7, 11) is 0. The molecule has 4 unspecified atom stereocenters. The smallest absolute Gasteiger partial charge is 0.157 e. The first-order valence-electron chi connectivity index (χ1n) is 3.43. The van der Waals surface area contributed by atoms with Gasteiger partial charge in [0.05, 0.1) is 12.2 Å². The van der Waals surface area contributed by atoms with Gasteiger partial charge in [-0.1, -0.05) is 0 Å². The number of ether oxygens (including phenoxy) is 2. The Balaban J connectivity index is 2.00. The lowest BCUT2D eigenvalue weighted by Crippen LogP contribution is -2.13. The number of fused-ring (bicyclic) bond motifs is 1. The van der Waals surface area contributed by atoms with E-state index in [1.807, 2.05) is 0 Å². The van der Waals surface area contributed by atoms with Crippen LogP contribution in [0.15, 0.2) is 0 Å². The standard InChI is InChI=1S/C6H10O4/c7-5-1-3-4(10-5)2-6(8)9-3/h3-8H,1-2H2. The van der Waals surface area contributed by atoms with Crippen molar-refractivity contribution in [3.8, 4) is 0 Å². The van der Waals surface area contributed by atoms with E-state index in [9.17, 15) is 0 Å². The Bertz CT molecular complexity index is 110. The molecule has 2 fully saturated rings. The maximum absolute atomic E-state index is 8.94. The molecule has 2 N–H and O–H groups in total. The zero-order chi connectivity index (χ0) is 7.14. The molecule has 4 atom stereocenters. The molecule has 2 aliphatic rings. The van der Waals surface area contributed by atoms with E-state index in [1.54, 1.807) is 0 Å². The van der Waals surface area contributed by atoms with Crippen LogP contribution in [0.1, 0.15) is 12.8 Å². The van der Waals surface area contributed by atoms with Gasteiger partial charge in [-0.2, -0.15) is 0 Å². The van der Waals surface area contributed by atoms with Gasteiger partial charge in [-0.25, -0.2) is 0 Å². The van der Waals surface area contributed by atoms with Crippen LogP contribution in [0.25, 0.3) is 0 Å². The van der Waals surface area contributed by atoms with Gasteiger partial charge in [0, 0.05) is 12.8 Å². The van der Waals surface area contributed by atoms with Crippen LogP contribution in [0.3, 0.4) is 0 Å². The van der Waals surface area contributed by atoms with Crippen LogP contribution in [0, 0.1) is 0 Å². The fourth-order valence-electron chi connectivity index (χ4n) is 1.50. The van der Waals surface area contributed by atoms with Crippen LogP contribution in [-0.2, 0) is 9.47 Å². The summed E-state index contributed by atoms with van der Waals surface area (Å²) >= 11 is 0. The molecule has 0 aliphatic carbocycles. The van der Waals surface area contributed by atoms with Gasteiger partial charge in [0.15, 0.2) is 12.6 Å². The van der Waals surface area contributed by atoms with Crippen molar-refractivity contribution in [2.24, 2.45) is 0 Å². The fraction of sp³-hybridized carbons (Fsp3) is 1.00. The molecule has 0 spiro atoms. The lowest BCUT2D eigenvalue weighted by molar-refractivity contribution is -0.112. The average molecular weight is 146 g/mol. The van der Waals surface area contributed by atoms with Crippen molar-refractivity contribution in [1.29, 1.82) is 0 Å². The second-order valence-electron chi connectivity index (χ2n) is 2.73. The van der Waals surface area contributed by atoms with Crippen LogP contribution in [0.5, 0.6) is 0 Å². The molecule has 2 aliphatic heterocycles. The molecule has 0 amide bonds. The minimum atomic E-state index is -0.692. The predicted molar refractivity (Wildman–Crippen MR) is 31.0 cm³/mol. The summed E-state index contributed by atoms with van der Waals surface area (Å²) in [4.78, 5) is 0. The molecule has 0 saturated carbocycles. The van der Waals surface area contributed by atoms with E-state index in [0.29, 0.717) is 12.8 Å². The molecular formula is C6H10O4. The molecule has 0 bridgehead atoms. The van der Waals surface area contributed by atoms with Gasteiger partial charge in [-0.3, -0.25) is 0 Å². The van der Waals surface area contributed by atoms with Gasteiger partial charge >= 0.3 is 0 Å². The van der Waals surface area contributed by atoms with Crippen LogP contribution in [0.2, 0.25) is 0 Å². The number of hydrogen-bond acceptors (Lipinski definition) is 4. The summed E-state index contributed by atoms with van der Waals surface area (Å²) in [6.07, 6.45) is -0.594. The summed E-state index contributed by atoms with van der Waals surface area (Å²) in [5, 5.41) is 17.9. The topological polar surface area (TPSA) is 58.9 Å². The van der Waals surface area contributed by atoms with Crippen LogP contribution in [0.4, 0.5) is 0 Å². The van der Waals surface area contributed by atoms with E-state index in [1.165, 1.54) is 0 Å². The number of aliphatic hydroxyl groups excluding tert-OH is 2. The van der Waals surface area contributed by atoms with E-state index < -0.39 is 12.6 Å². The Morgan fingerprint density at radius 2 is 1.30 bits per heavy atom. The van der Waals surface area contributed by atoms with Gasteiger partial charge in [-0.15, -0.1) is 0 Å². The summed E-state index contributed by atoms with van der Waals surface area (Å²) in [6.45, 7) is 0. The van der Waals surface area contributed by atoms with Crippen molar-refractivity contribution >= 4 is 0 Å². The van der Waals surface area contributed by atoms with Gasteiger partial charge in [0.1, 0.15) is 0 Å². The minimum absolute atomic E-state index is 0.0926. The van der Waals surface area contributed by atoms with Gasteiger partial charge in [0.2, 0.25) is 0 Å². The zero-order valence-electron chi connectivity index (χ0n) is 5.43. The van der Waals surface area contributed by atoms with E-state index >= 15 is 0 Å². The number of hydrogen-bond donors (Lipinski definition) is 2. The first-order chi connectivity index (χ1) is 4.75. The highest BCUT2D eigenvalue weighted by Gasteiger charge is 2.42. The van der Waals surface area contributed by atoms with Gasteiger partial charge in [-0.05, 0) is 0 Å². The normalized spacial score (nSPS) is 53.4. The molecule has 0 aromatic carbocycles. The third-order valence-electron chi connectivity index (χ3n) is 1.95. The Labute approximate surface area is 58.4 Å². The number of aliphatic hydroxyl groups is 2. The molecule has 4 heteroatoms. The number of rotatable bonds is 0. The summed E-state index contributed by atoms with van der Waals surface area (Å²) in [6, 6.07) is 0. The highest BCUT2D eigenvalue weighted by molar-refractivity contribution is 4.84. The molecule has 58 valence electrons. The minimum Gasteiger partial charge on any atom is -0.368 e. The van der Waals surface area contributed by atoms with E-state index in [0.717, 1.165) is 0 Å². The monoisotopic (exact) mass is 146 g/mol. The second kappa shape index (κ2) is 2.17. The molecule has 0 aromatic heterocycles. The molecule has 0 aromatic rings. The zero-order valence-corrected chi connectivity index (χ0v) is 5.43. The lowest BCUT2D eigenvalue weighted by Gasteiger charge is -2.05. The summed E-state index contributed by atoms with van der Waals surface area (Å²) < 4.78 is 10.1. The molecule has 2 saturated heterocycles. The van der Waals surface area contributed by atoms with Crippen molar-refractivity contribution in [1.82, 2.24) is 0 Å². The van der Waals surface area contributed by atoms with Crippen LogP contribution in [-0.4, -0.2) is 35.0 Å². The van der Waals surface area contributed by atoms with Crippen molar-refractivity contribution < 1.29 is 19.7 Å². The maximum atomic E-state index is 8.94. The van der Waals surface area contributed by atoms with E-state index in [2.05, 4.69) is 0 Å². The fourth-order valence-corrected chi connectivity index (χ4v) is 1.50. The molecule has 4 nitrogen and oxygen atoms in total. The third-order valence-corrected chi connectivity index (χ3v) is 1.95. The van der Waals surface area contributed by atoms with Crippen LogP contribution >= 0.6 is 0 Å². The third kappa shape index (κ3) is 0.932. The van der Waals surface area contributed by atoms with Crippen molar-refractivity contribution in [3.05, 3.63) is 0 Å². The lowest BCUT2D eigenvalue weighted by atomic mass is 10.2. The molecule has 2 heterocycles. The second-order valence-corrected chi connectivity index (χ2v) is 2.73. The van der Waals surface area contributed by atoms with Crippen molar-refractivity contribution in [2.45, 2.75) is 37.6 Å². The largest absolute Gasteiger partial charge is 0.368 e. The Morgan fingerprint density at radius 1 is 0.900 bits per heavy atom. The molecular weight excluding hydrogens is 136 g/mol. The summed E-state index contributed by atoms with van der Waals surface area (Å²) in [5.41, 5.74) is 0. The highest BCUT2D eigenvalue weighted by Crippen LogP contribution is 2.31. The molecule has 2 rings (SSSR count). The van der Waals surface area contributed by atoms with Crippen molar-refractivity contribution in [3.63, 3.8) is 0 Å². The quantitative estimate of drug-likeness (QED) is 0.469. The first-order valence-corrected chi connectivity index (χ1v) is 3.43. The van der Waals surface area contributed by atoms with E-state index in [4.69, 9.17) is 19.7 Å². The average Bonchev–Trinajstić information content (AvgIpc) is 2.21. The molecule has 10 heavy (non-hydrogen) atoms. The Hall–Kier alpha value is -0.160. The first kappa shape index (κ1) is 6.54. The molecule has 0 radical (unpaired) electrons. The van der Waals surface area contributed by atoms with E-state index in [-0.39, 0.29) is 12.2 Å². The van der Waals surface area contributed by atoms with Gasteiger partial charge < -0.3 is 19.7 Å². The van der Waals surface area contributed by atoms with Crippen LogP contribution < -0.4 is 0 Å². The maximum Gasteiger partial charge on any atom is 0.157 e. The SMILES string of the molecule is OC1CC2OC(O)CC2O1. The Kier molecular flexibility index (Phi) is 1.42. The van der Waals surface area contributed by atoms with Crippen molar-refractivity contribution in [2.75, 3.05) is 0 Å². The van der Waals surface area contributed by atoms with Gasteiger partial charge in [0.25, 0.3) is 0 Å². The predicted octanol–water partition coefficient (Wildman–Crippen LogP) is -0.799. The highest BCUT2D eigenvalue weighted by atomic mass is 16.7. The Morgan fingerprint density at radius 3 is 1.70 bits per heavy atom. The summed E-state index contributed by atoms with van der Waals surface area (Å²) in [5.74, 6) is 0.